The third-order valence-electron chi connectivity index (χ3n) is 21.8. The van der Waals surface area contributed by atoms with Crippen LogP contribution in [0.3, 0.4) is 0 Å². The minimum Gasteiger partial charge on any atom is -0.264 e. The van der Waals surface area contributed by atoms with E-state index < -0.39 is 0 Å². The Labute approximate surface area is 648 Å². The number of pyridine rings is 2. The number of fused-ring (bicyclic) bond motifs is 11. The van der Waals surface area contributed by atoms with E-state index in [0.717, 1.165) is 89.5 Å². The molecule has 522 valence electrons. The average Bonchev–Trinajstić information content (AvgIpc) is 0.743. The molecule has 0 unspecified atom stereocenters. The van der Waals surface area contributed by atoms with Gasteiger partial charge in [0.25, 0.3) is 0 Å². The number of hydrogen-bond donors (Lipinski definition) is 0. The smallest absolute Gasteiger partial charge is 0.160 e. The van der Waals surface area contributed by atoms with Crippen LogP contribution in [0.2, 0.25) is 0 Å². The fraction of sp³-hybridized carbons (Fsp3) is 0. The molecule has 17 aromatic carbocycles. The molecule has 0 spiro atoms. The van der Waals surface area contributed by atoms with Crippen molar-refractivity contribution in [2.24, 2.45) is 0 Å². The van der Waals surface area contributed by atoms with Crippen molar-refractivity contribution in [2.75, 3.05) is 0 Å². The van der Waals surface area contributed by atoms with Gasteiger partial charge in [-0.15, -0.1) is 0 Å². The zero-order chi connectivity index (χ0) is 74.3. The van der Waals surface area contributed by atoms with Gasteiger partial charge in [-0.05, 0) is 179 Å². The van der Waals surface area contributed by atoms with Crippen molar-refractivity contribution < 1.29 is 0 Å². The van der Waals surface area contributed by atoms with Crippen LogP contribution in [0.25, 0.3) is 210 Å². The van der Waals surface area contributed by atoms with Crippen molar-refractivity contribution in [1.82, 2.24) is 29.9 Å². The van der Waals surface area contributed by atoms with Crippen molar-refractivity contribution in [1.29, 1.82) is 0 Å². The molecule has 0 aliphatic rings. The lowest BCUT2D eigenvalue weighted by Crippen LogP contribution is -1.96. The van der Waals surface area contributed by atoms with E-state index in [1.54, 1.807) is 12.4 Å². The van der Waals surface area contributed by atoms with Gasteiger partial charge in [0.15, 0.2) is 11.6 Å². The van der Waals surface area contributed by atoms with E-state index in [1.165, 1.54) is 109 Å². The summed E-state index contributed by atoms with van der Waals surface area (Å²) in [6, 6.07) is 138. The van der Waals surface area contributed by atoms with E-state index in [-0.39, 0.29) is 0 Å². The second-order valence-electron chi connectivity index (χ2n) is 28.5. The normalized spacial score (nSPS) is 11.4. The van der Waals surface area contributed by atoms with Crippen LogP contribution in [0.5, 0.6) is 0 Å². The topological polar surface area (TPSA) is 77.3 Å². The van der Waals surface area contributed by atoms with Crippen LogP contribution >= 0.6 is 0 Å². The zero-order valence-corrected chi connectivity index (χ0v) is 60.9. The Morgan fingerprint density at radius 2 is 0.438 bits per heavy atom. The summed E-state index contributed by atoms with van der Waals surface area (Å²) < 4.78 is 0. The first kappa shape index (κ1) is 66.5. The number of benzene rings is 17. The van der Waals surface area contributed by atoms with Crippen LogP contribution in [-0.2, 0) is 0 Å². The van der Waals surface area contributed by atoms with Crippen LogP contribution in [0.1, 0.15) is 0 Å². The largest absolute Gasteiger partial charge is 0.264 e. The zero-order valence-electron chi connectivity index (χ0n) is 60.9. The van der Waals surface area contributed by atoms with Crippen LogP contribution in [0.15, 0.2) is 413 Å². The maximum absolute atomic E-state index is 5.20. The Balaban J connectivity index is 0.000000146. The maximum atomic E-state index is 5.20. The van der Waals surface area contributed by atoms with Crippen molar-refractivity contribution >= 4 is 75.4 Å². The second-order valence-corrected chi connectivity index (χ2v) is 28.5. The molecule has 0 aliphatic heterocycles. The van der Waals surface area contributed by atoms with Crippen molar-refractivity contribution in [3.05, 3.63) is 413 Å². The highest BCUT2D eigenvalue weighted by molar-refractivity contribution is 6.26. The van der Waals surface area contributed by atoms with Gasteiger partial charge in [0.1, 0.15) is 0 Å². The molecule has 4 heterocycles. The van der Waals surface area contributed by atoms with E-state index in [9.17, 15) is 0 Å². The lowest BCUT2D eigenvalue weighted by Gasteiger charge is -2.13. The van der Waals surface area contributed by atoms with Gasteiger partial charge in [-0.2, -0.15) is 0 Å². The van der Waals surface area contributed by atoms with E-state index in [1.807, 2.05) is 24.5 Å². The van der Waals surface area contributed by atoms with Crippen molar-refractivity contribution in [3.8, 4) is 135 Å². The monoisotopic (exact) mass is 1420 g/mol. The van der Waals surface area contributed by atoms with Gasteiger partial charge in [-0.3, -0.25) is 9.97 Å². The van der Waals surface area contributed by atoms with E-state index in [0.29, 0.717) is 11.6 Å². The molecule has 21 aromatic rings. The Hall–Kier alpha value is -15.0. The highest BCUT2D eigenvalue weighted by Crippen LogP contribution is 2.42. The lowest BCUT2D eigenvalue weighted by atomic mass is 9.92. The van der Waals surface area contributed by atoms with Gasteiger partial charge in [0, 0.05) is 58.2 Å². The summed E-state index contributed by atoms with van der Waals surface area (Å²) in [6.07, 6.45) is 7.38. The molecular formula is C106H68N6. The highest BCUT2D eigenvalue weighted by Gasteiger charge is 2.18. The Morgan fingerprint density at radius 1 is 0.143 bits per heavy atom. The molecule has 0 aliphatic carbocycles. The first-order valence-electron chi connectivity index (χ1n) is 37.9. The van der Waals surface area contributed by atoms with E-state index in [2.05, 4.69) is 386 Å². The van der Waals surface area contributed by atoms with E-state index in [4.69, 9.17) is 19.9 Å². The Kier molecular flexibility index (Phi) is 17.2. The SMILES string of the molecule is c1cncc(-c2ccc(-c3cc(-c4ccc(-c5cccc6ccccc56)cc4)nc(-c4ccc(-c5cc6ccccc6c6ccccc56)cc4)n3)cc2)c1.c1cncc(-c2ccc(-c3cc(-c4ccc(-c5cccc6ccccc56)cc4)nc(-c4ccc(-c5ccc6c7ccccc7c7ccccc7c6c5)cc4)n3)cc2)c1. The molecule has 0 fully saturated rings. The van der Waals surface area contributed by atoms with Gasteiger partial charge in [-0.25, -0.2) is 19.9 Å². The minimum absolute atomic E-state index is 0.685. The summed E-state index contributed by atoms with van der Waals surface area (Å²) in [4.78, 5) is 29.4. The number of aromatic nitrogens is 6. The average molecular weight is 1430 g/mol. The van der Waals surface area contributed by atoms with Crippen LogP contribution in [0.4, 0.5) is 0 Å². The predicted molar refractivity (Wildman–Crippen MR) is 467 cm³/mol. The quantitative estimate of drug-likeness (QED) is 0.113. The highest BCUT2D eigenvalue weighted by atomic mass is 14.9. The number of hydrogen-bond acceptors (Lipinski definition) is 6. The Morgan fingerprint density at radius 3 is 0.848 bits per heavy atom. The molecule has 0 N–H and O–H groups in total. The molecule has 4 aromatic heterocycles. The first-order chi connectivity index (χ1) is 55.5. The summed E-state index contributed by atoms with van der Waals surface area (Å²) in [5.74, 6) is 1.37. The second kappa shape index (κ2) is 29.0. The lowest BCUT2D eigenvalue weighted by molar-refractivity contribution is 1.18. The molecule has 0 radical (unpaired) electrons. The molecule has 0 saturated heterocycles. The molecule has 21 rings (SSSR count). The molecule has 112 heavy (non-hydrogen) atoms. The van der Waals surface area contributed by atoms with Crippen molar-refractivity contribution in [2.45, 2.75) is 0 Å². The summed E-state index contributed by atoms with van der Waals surface area (Å²) in [6.45, 7) is 0. The molecule has 0 atom stereocenters. The van der Waals surface area contributed by atoms with Crippen LogP contribution < -0.4 is 0 Å². The van der Waals surface area contributed by atoms with Gasteiger partial charge >= 0.3 is 0 Å². The summed E-state index contributed by atoms with van der Waals surface area (Å²) in [7, 11) is 0. The number of rotatable bonds is 12. The van der Waals surface area contributed by atoms with Gasteiger partial charge in [0.2, 0.25) is 0 Å². The fourth-order valence-electron chi connectivity index (χ4n) is 16.1. The predicted octanol–water partition coefficient (Wildman–Crippen LogP) is 27.8. The summed E-state index contributed by atoms with van der Waals surface area (Å²) >= 11 is 0. The Bertz CT molecular complexity index is 7070. The number of nitrogens with zero attached hydrogens (tertiary/aromatic N) is 6. The maximum Gasteiger partial charge on any atom is 0.160 e. The van der Waals surface area contributed by atoms with Gasteiger partial charge in [-0.1, -0.05) is 352 Å². The third kappa shape index (κ3) is 12.8. The van der Waals surface area contributed by atoms with Gasteiger partial charge in [0.05, 0.1) is 22.8 Å². The van der Waals surface area contributed by atoms with Crippen LogP contribution in [0, 0.1) is 0 Å². The van der Waals surface area contributed by atoms with Crippen LogP contribution in [-0.4, -0.2) is 29.9 Å². The van der Waals surface area contributed by atoms with E-state index >= 15 is 0 Å². The standard InChI is InChI=1S/C55H35N3.C51H33N3/c1-2-12-45-38(9-1)10-7-17-46(45)39-22-26-41(27-23-39)54-34-53(40-24-18-37(19-25-40)44-11-8-32-56-35-44)57-55(58-54)42-28-20-36(21-29-42)43-30-31-51-49-15-4-3-13-47(49)48-14-5-6-16-50(48)52(51)33-43;1-3-13-43-35(9-1)11-7-17-44(43)36-20-26-39(27-21-36)50-32-49(38-24-18-34(19-25-38)42-12-8-30-52-33-42)53-51(54-50)40-28-22-37(23-29-40)48-31-41-10-2-4-14-45(41)46-15-5-6-16-47(46)48/h1-35H;1-33H. The minimum atomic E-state index is 0.685. The molecule has 0 amide bonds. The molecule has 6 heteroatoms. The molecule has 0 saturated carbocycles. The summed E-state index contributed by atoms with van der Waals surface area (Å²) in [5, 5.41) is 17.6. The molecule has 0 bridgehead atoms. The first-order valence-corrected chi connectivity index (χ1v) is 37.9. The summed E-state index contributed by atoms with van der Waals surface area (Å²) in [5.41, 5.74) is 23.4. The molecular weight excluding hydrogens is 1360 g/mol. The third-order valence-corrected chi connectivity index (χ3v) is 21.8. The molecule has 6 nitrogen and oxygen atoms in total. The van der Waals surface area contributed by atoms with Gasteiger partial charge < -0.3 is 0 Å². The van der Waals surface area contributed by atoms with Crippen molar-refractivity contribution in [3.63, 3.8) is 0 Å². The fourth-order valence-corrected chi connectivity index (χ4v) is 16.1.